The number of ether oxygens (including phenoxy) is 2. The molecular weight excluding hydrogens is 416 g/mol. The first-order chi connectivity index (χ1) is 13.0. The molecule has 2 aromatic rings. The van der Waals surface area contributed by atoms with Gasteiger partial charge >= 0.3 is 5.97 Å². The summed E-state index contributed by atoms with van der Waals surface area (Å²) in [5.41, 5.74) is 3.33. The van der Waals surface area contributed by atoms with Crippen LogP contribution in [0.25, 0.3) is 0 Å². The van der Waals surface area contributed by atoms with E-state index in [1.165, 1.54) is 5.01 Å². The van der Waals surface area contributed by atoms with Gasteiger partial charge in [-0.15, -0.1) is 0 Å². The normalized spacial score (nSPS) is 13.9. The number of esters is 1. The van der Waals surface area contributed by atoms with E-state index < -0.39 is 5.97 Å². The van der Waals surface area contributed by atoms with Gasteiger partial charge in [-0.25, -0.2) is 9.80 Å². The van der Waals surface area contributed by atoms with Crippen LogP contribution in [0.5, 0.6) is 5.75 Å². The molecule has 0 spiro atoms. The highest BCUT2D eigenvalue weighted by molar-refractivity contribution is 9.10. The number of carbonyl (C=O) groups is 3. The van der Waals surface area contributed by atoms with E-state index in [0.29, 0.717) is 17.0 Å². The molecule has 0 saturated carbocycles. The zero-order chi connectivity index (χ0) is 19.2. The van der Waals surface area contributed by atoms with Crippen LogP contribution in [0.3, 0.4) is 0 Å². The smallest absolute Gasteiger partial charge is 0.338 e. The van der Waals surface area contributed by atoms with Crippen LogP contribution in [0.2, 0.25) is 0 Å². The van der Waals surface area contributed by atoms with E-state index in [-0.39, 0.29) is 37.9 Å². The molecular formula is C19H17BrN2O5. The molecule has 27 heavy (non-hydrogen) atoms. The van der Waals surface area contributed by atoms with Crippen LogP contribution in [0, 0.1) is 0 Å². The minimum absolute atomic E-state index is 0.105. The van der Waals surface area contributed by atoms with Crippen molar-refractivity contribution in [1.82, 2.24) is 5.43 Å². The summed E-state index contributed by atoms with van der Waals surface area (Å²) in [6.45, 7) is 0.336. The van der Waals surface area contributed by atoms with Crippen LogP contribution < -0.4 is 15.2 Å². The molecule has 3 rings (SSSR count). The molecule has 1 aliphatic rings. The van der Waals surface area contributed by atoms with Crippen LogP contribution in [0.15, 0.2) is 53.0 Å². The second-order valence-corrected chi connectivity index (χ2v) is 6.67. The van der Waals surface area contributed by atoms with Crippen LogP contribution in [0.1, 0.15) is 23.2 Å². The van der Waals surface area contributed by atoms with Gasteiger partial charge in [0, 0.05) is 17.3 Å². The molecule has 1 saturated heterocycles. The summed E-state index contributed by atoms with van der Waals surface area (Å²) in [5, 5.41) is 1.19. The van der Waals surface area contributed by atoms with E-state index >= 15 is 0 Å². The van der Waals surface area contributed by atoms with Crippen LogP contribution in [-0.4, -0.2) is 31.0 Å². The van der Waals surface area contributed by atoms with Crippen molar-refractivity contribution in [2.24, 2.45) is 0 Å². The molecule has 0 aliphatic carbocycles. The van der Waals surface area contributed by atoms with Gasteiger partial charge in [0.1, 0.15) is 19.0 Å². The molecule has 0 aromatic heterocycles. The summed E-state index contributed by atoms with van der Waals surface area (Å²) in [5.74, 6) is -0.232. The number of hydrazine groups is 1. The van der Waals surface area contributed by atoms with Crippen LogP contribution >= 0.6 is 15.9 Å². The number of benzene rings is 2. The average Bonchev–Trinajstić information content (AvgIpc) is 2.67. The molecule has 140 valence electrons. The Kier molecular flexibility index (Phi) is 6.08. The Labute approximate surface area is 164 Å². The predicted octanol–water partition coefficient (Wildman–Crippen LogP) is 2.84. The maximum absolute atomic E-state index is 12.1. The number of halogens is 1. The quantitative estimate of drug-likeness (QED) is 0.560. The van der Waals surface area contributed by atoms with E-state index in [2.05, 4.69) is 21.4 Å². The second-order valence-electron chi connectivity index (χ2n) is 5.75. The summed E-state index contributed by atoms with van der Waals surface area (Å²) >= 11 is 3.35. The van der Waals surface area contributed by atoms with E-state index in [1.54, 1.807) is 24.3 Å². The van der Waals surface area contributed by atoms with Crippen molar-refractivity contribution in [3.05, 3.63) is 58.6 Å². The van der Waals surface area contributed by atoms with Crippen molar-refractivity contribution >= 4 is 39.4 Å². The van der Waals surface area contributed by atoms with Gasteiger partial charge in [-0.2, -0.15) is 0 Å². The lowest BCUT2D eigenvalue weighted by atomic mass is 10.2. The number of hydrogen-bond acceptors (Lipinski definition) is 5. The first-order valence-corrected chi connectivity index (χ1v) is 9.10. The van der Waals surface area contributed by atoms with Gasteiger partial charge in [0.2, 0.25) is 11.8 Å². The summed E-state index contributed by atoms with van der Waals surface area (Å²) in [6.07, 6.45) is 0.343. The zero-order valence-corrected chi connectivity index (χ0v) is 15.9. The predicted molar refractivity (Wildman–Crippen MR) is 101 cm³/mol. The highest BCUT2D eigenvalue weighted by Crippen LogP contribution is 2.19. The Morgan fingerprint density at radius 3 is 2.59 bits per heavy atom. The average molecular weight is 433 g/mol. The molecule has 8 heteroatoms. The fraction of sp³-hybridized carbons (Fsp3) is 0.211. The summed E-state index contributed by atoms with van der Waals surface area (Å²) < 4.78 is 11.6. The van der Waals surface area contributed by atoms with E-state index in [0.717, 1.165) is 4.47 Å². The lowest BCUT2D eigenvalue weighted by molar-refractivity contribution is -0.130. The minimum Gasteiger partial charge on any atom is -0.490 e. The second kappa shape index (κ2) is 8.68. The number of rotatable bonds is 6. The van der Waals surface area contributed by atoms with Gasteiger partial charge in [-0.3, -0.25) is 15.0 Å². The summed E-state index contributed by atoms with van der Waals surface area (Å²) in [7, 11) is 0. The van der Waals surface area contributed by atoms with Gasteiger partial charge < -0.3 is 9.47 Å². The molecule has 1 aliphatic heterocycles. The van der Waals surface area contributed by atoms with Crippen molar-refractivity contribution in [3.63, 3.8) is 0 Å². The van der Waals surface area contributed by atoms with Crippen molar-refractivity contribution in [3.8, 4) is 5.75 Å². The van der Waals surface area contributed by atoms with Gasteiger partial charge in [0.05, 0.1) is 11.3 Å². The highest BCUT2D eigenvalue weighted by Gasteiger charge is 2.24. The van der Waals surface area contributed by atoms with Crippen molar-refractivity contribution in [1.29, 1.82) is 0 Å². The third-order valence-corrected chi connectivity index (χ3v) is 4.29. The summed E-state index contributed by atoms with van der Waals surface area (Å²) in [4.78, 5) is 35.4. The molecule has 0 radical (unpaired) electrons. The maximum atomic E-state index is 12.1. The van der Waals surface area contributed by atoms with E-state index in [4.69, 9.17) is 9.47 Å². The van der Waals surface area contributed by atoms with E-state index in [1.807, 2.05) is 24.3 Å². The number of anilines is 1. The molecule has 1 fully saturated rings. The van der Waals surface area contributed by atoms with Crippen molar-refractivity contribution in [2.45, 2.75) is 12.8 Å². The Bertz CT molecular complexity index is 853. The standard InChI is InChI=1S/C19H17BrN2O5/c20-14-2-1-3-16(12-14)26-10-11-27-19(25)13-4-6-15(7-5-13)22-18(24)9-8-17(23)21-22/h1-7,12H,8-11H2,(H,21,23). The minimum atomic E-state index is -0.492. The molecule has 7 nitrogen and oxygen atoms in total. The molecule has 2 aromatic carbocycles. The van der Waals surface area contributed by atoms with Crippen LogP contribution in [-0.2, 0) is 14.3 Å². The Morgan fingerprint density at radius 2 is 1.85 bits per heavy atom. The third kappa shape index (κ3) is 5.07. The highest BCUT2D eigenvalue weighted by atomic mass is 79.9. The zero-order valence-electron chi connectivity index (χ0n) is 14.3. The first kappa shape index (κ1) is 18.9. The molecule has 0 bridgehead atoms. The molecule has 0 unspecified atom stereocenters. The third-order valence-electron chi connectivity index (χ3n) is 3.79. The van der Waals surface area contributed by atoms with Crippen molar-refractivity contribution in [2.75, 3.05) is 18.2 Å². The molecule has 0 atom stereocenters. The molecule has 2 amide bonds. The fourth-order valence-electron chi connectivity index (χ4n) is 2.46. The summed E-state index contributed by atoms with van der Waals surface area (Å²) in [6, 6.07) is 13.6. The van der Waals surface area contributed by atoms with Gasteiger partial charge in [0.25, 0.3) is 0 Å². The van der Waals surface area contributed by atoms with Gasteiger partial charge in [-0.1, -0.05) is 22.0 Å². The molecule has 1 heterocycles. The number of nitrogens with zero attached hydrogens (tertiary/aromatic N) is 1. The Hall–Kier alpha value is -2.87. The SMILES string of the molecule is O=C1CCC(=O)N(c2ccc(C(=O)OCCOc3cccc(Br)c3)cc2)N1. The molecule has 1 N–H and O–H groups in total. The van der Waals surface area contributed by atoms with Crippen molar-refractivity contribution < 1.29 is 23.9 Å². The number of hydrogen-bond donors (Lipinski definition) is 1. The monoisotopic (exact) mass is 432 g/mol. The lowest BCUT2D eigenvalue weighted by Gasteiger charge is -2.27. The number of amides is 2. The van der Waals surface area contributed by atoms with Crippen LogP contribution in [0.4, 0.5) is 5.69 Å². The topological polar surface area (TPSA) is 84.9 Å². The van der Waals surface area contributed by atoms with E-state index in [9.17, 15) is 14.4 Å². The number of carbonyl (C=O) groups excluding carboxylic acids is 3. The fourth-order valence-corrected chi connectivity index (χ4v) is 2.84. The van der Waals surface area contributed by atoms with Gasteiger partial charge in [0.15, 0.2) is 0 Å². The Balaban J connectivity index is 1.50. The first-order valence-electron chi connectivity index (χ1n) is 8.31. The lowest BCUT2D eigenvalue weighted by Crippen LogP contribution is -2.50. The Morgan fingerprint density at radius 1 is 1.07 bits per heavy atom. The number of nitrogens with one attached hydrogen (secondary N) is 1. The largest absolute Gasteiger partial charge is 0.490 e. The maximum Gasteiger partial charge on any atom is 0.338 e. The van der Waals surface area contributed by atoms with Gasteiger partial charge in [-0.05, 0) is 42.5 Å².